The lowest BCUT2D eigenvalue weighted by molar-refractivity contribution is 0.500. The van der Waals surface area contributed by atoms with E-state index in [2.05, 4.69) is 4.72 Å². The van der Waals surface area contributed by atoms with E-state index < -0.39 is 10.0 Å². The van der Waals surface area contributed by atoms with Gasteiger partial charge in [-0.2, -0.15) is 0 Å². The zero-order chi connectivity index (χ0) is 14.9. The van der Waals surface area contributed by atoms with Gasteiger partial charge in [-0.15, -0.1) is 0 Å². The van der Waals surface area contributed by atoms with Gasteiger partial charge in [0.1, 0.15) is 16.4 Å². The van der Waals surface area contributed by atoms with Gasteiger partial charge in [-0.3, -0.25) is 0 Å². The third-order valence-electron chi connectivity index (χ3n) is 2.97. The van der Waals surface area contributed by atoms with Crippen molar-refractivity contribution in [1.29, 1.82) is 0 Å². The van der Waals surface area contributed by atoms with Crippen LogP contribution in [0.3, 0.4) is 0 Å². The van der Waals surface area contributed by atoms with Gasteiger partial charge < -0.3 is 4.42 Å². The lowest BCUT2D eigenvalue weighted by atomic mass is 10.2. The van der Waals surface area contributed by atoms with Crippen molar-refractivity contribution in [3.63, 3.8) is 0 Å². The maximum atomic E-state index is 12.2. The van der Waals surface area contributed by atoms with Crippen molar-refractivity contribution in [2.45, 2.75) is 32.2 Å². The fourth-order valence-corrected chi connectivity index (χ4v) is 3.54. The van der Waals surface area contributed by atoms with Gasteiger partial charge in [0, 0.05) is 12.1 Å². The summed E-state index contributed by atoms with van der Waals surface area (Å²) >= 11 is 5.99. The van der Waals surface area contributed by atoms with Crippen molar-refractivity contribution in [1.82, 2.24) is 4.72 Å². The van der Waals surface area contributed by atoms with E-state index in [0.717, 1.165) is 16.9 Å². The molecule has 0 radical (unpaired) electrons. The summed E-state index contributed by atoms with van der Waals surface area (Å²) in [6.45, 7) is 5.65. The van der Waals surface area contributed by atoms with Gasteiger partial charge in [-0.25, -0.2) is 13.1 Å². The molecule has 0 spiro atoms. The van der Waals surface area contributed by atoms with Crippen LogP contribution in [0.4, 0.5) is 0 Å². The number of hydrogen-bond acceptors (Lipinski definition) is 3. The molecule has 0 aliphatic carbocycles. The minimum Gasteiger partial charge on any atom is -0.466 e. The molecule has 0 aliphatic rings. The lowest BCUT2D eigenvalue weighted by Gasteiger charge is -2.08. The second-order valence-corrected chi connectivity index (χ2v) is 6.84. The summed E-state index contributed by atoms with van der Waals surface area (Å²) in [4.78, 5) is 0.0858. The highest BCUT2D eigenvalue weighted by atomic mass is 35.5. The molecular formula is C14H16ClNO3S. The summed E-state index contributed by atoms with van der Waals surface area (Å²) in [5.74, 6) is 1.46. The van der Waals surface area contributed by atoms with Crippen LogP contribution in [0.1, 0.15) is 22.6 Å². The van der Waals surface area contributed by atoms with E-state index in [1.54, 1.807) is 19.1 Å². The Bertz CT molecular complexity index is 735. The Morgan fingerprint density at radius 3 is 2.45 bits per heavy atom. The first-order chi connectivity index (χ1) is 9.29. The maximum absolute atomic E-state index is 12.2. The quantitative estimate of drug-likeness (QED) is 0.941. The highest BCUT2D eigenvalue weighted by molar-refractivity contribution is 7.89. The average Bonchev–Trinajstić information content (AvgIpc) is 2.65. The topological polar surface area (TPSA) is 59.3 Å². The monoisotopic (exact) mass is 313 g/mol. The van der Waals surface area contributed by atoms with Gasteiger partial charge in [-0.1, -0.05) is 17.7 Å². The van der Waals surface area contributed by atoms with Crippen LogP contribution in [0.5, 0.6) is 0 Å². The number of rotatable bonds is 4. The summed E-state index contributed by atoms with van der Waals surface area (Å²) in [7, 11) is -3.64. The molecule has 0 amide bonds. The number of aryl methyl sites for hydroxylation is 3. The molecule has 6 heteroatoms. The Morgan fingerprint density at radius 1 is 1.20 bits per heavy atom. The molecule has 1 N–H and O–H groups in total. The minimum atomic E-state index is -3.64. The Balaban J connectivity index is 2.21. The van der Waals surface area contributed by atoms with Crippen LogP contribution < -0.4 is 4.72 Å². The minimum absolute atomic E-state index is 0.0858. The molecule has 4 nitrogen and oxygen atoms in total. The maximum Gasteiger partial charge on any atom is 0.242 e. The molecule has 2 rings (SSSR count). The fourth-order valence-electron chi connectivity index (χ4n) is 1.93. The predicted octanol–water partition coefficient (Wildman–Crippen LogP) is 3.34. The normalized spacial score (nSPS) is 11.8. The largest absolute Gasteiger partial charge is 0.466 e. The van der Waals surface area contributed by atoms with Crippen LogP contribution >= 0.6 is 11.6 Å². The summed E-state index contributed by atoms with van der Waals surface area (Å²) in [5.41, 5.74) is 1.73. The Hall–Kier alpha value is -1.30. The van der Waals surface area contributed by atoms with Crippen LogP contribution in [-0.4, -0.2) is 8.42 Å². The Kier molecular flexibility index (Phi) is 4.22. The lowest BCUT2D eigenvalue weighted by Crippen LogP contribution is -2.23. The van der Waals surface area contributed by atoms with Crippen LogP contribution in [0.25, 0.3) is 0 Å². The molecule has 1 heterocycles. The van der Waals surface area contributed by atoms with Gasteiger partial charge in [0.2, 0.25) is 10.0 Å². The van der Waals surface area contributed by atoms with Crippen molar-refractivity contribution in [3.8, 4) is 0 Å². The third kappa shape index (κ3) is 3.23. The molecule has 0 fully saturated rings. The number of halogens is 1. The van der Waals surface area contributed by atoms with E-state index in [1.165, 1.54) is 6.07 Å². The Morgan fingerprint density at radius 2 is 1.90 bits per heavy atom. The van der Waals surface area contributed by atoms with Crippen molar-refractivity contribution in [2.75, 3.05) is 0 Å². The van der Waals surface area contributed by atoms with Crippen LogP contribution in [0, 0.1) is 20.8 Å². The smallest absolute Gasteiger partial charge is 0.242 e. The molecule has 108 valence electrons. The van der Waals surface area contributed by atoms with Crippen LogP contribution in [-0.2, 0) is 16.6 Å². The number of sulfonamides is 1. The van der Waals surface area contributed by atoms with Crippen molar-refractivity contribution < 1.29 is 12.8 Å². The number of nitrogens with one attached hydrogen (secondary N) is 1. The van der Waals surface area contributed by atoms with Gasteiger partial charge >= 0.3 is 0 Å². The van der Waals surface area contributed by atoms with E-state index in [4.69, 9.17) is 16.0 Å². The zero-order valence-electron chi connectivity index (χ0n) is 11.5. The molecule has 0 bridgehead atoms. The zero-order valence-corrected chi connectivity index (χ0v) is 13.1. The highest BCUT2D eigenvalue weighted by Gasteiger charge is 2.18. The first kappa shape index (κ1) is 15.1. The van der Waals surface area contributed by atoms with E-state index >= 15 is 0 Å². The molecule has 0 saturated heterocycles. The second kappa shape index (κ2) is 5.60. The van der Waals surface area contributed by atoms with Crippen molar-refractivity contribution >= 4 is 21.6 Å². The van der Waals surface area contributed by atoms with Crippen molar-refractivity contribution in [2.24, 2.45) is 0 Å². The van der Waals surface area contributed by atoms with Gasteiger partial charge in [-0.05, 0) is 44.5 Å². The van der Waals surface area contributed by atoms with E-state index in [9.17, 15) is 8.42 Å². The van der Waals surface area contributed by atoms with E-state index in [-0.39, 0.29) is 16.5 Å². The highest BCUT2D eigenvalue weighted by Crippen LogP contribution is 2.23. The molecule has 2 aromatic rings. The molecule has 0 aliphatic heterocycles. The first-order valence-corrected chi connectivity index (χ1v) is 7.97. The standard InChI is InChI=1S/C14H16ClNO3S/c1-9-4-5-14(13(15)6-9)20(17,18)16-8-12-7-10(2)19-11(12)3/h4-7,16H,8H2,1-3H3. The van der Waals surface area contributed by atoms with Gasteiger partial charge in [0.05, 0.1) is 5.02 Å². The number of hydrogen-bond donors (Lipinski definition) is 1. The summed E-state index contributed by atoms with van der Waals surface area (Å²) < 4.78 is 32.4. The average molecular weight is 314 g/mol. The first-order valence-electron chi connectivity index (χ1n) is 6.11. The SMILES string of the molecule is Cc1ccc(S(=O)(=O)NCc2cc(C)oc2C)c(Cl)c1. The fraction of sp³-hybridized carbons (Fsp3) is 0.286. The van der Waals surface area contributed by atoms with Gasteiger partial charge in [0.25, 0.3) is 0 Å². The molecule has 20 heavy (non-hydrogen) atoms. The van der Waals surface area contributed by atoms with E-state index in [0.29, 0.717) is 5.76 Å². The summed E-state index contributed by atoms with van der Waals surface area (Å²) in [6, 6.07) is 6.67. The molecule has 1 aromatic carbocycles. The molecule has 0 atom stereocenters. The Labute approximate surface area is 123 Å². The summed E-state index contributed by atoms with van der Waals surface area (Å²) in [6.07, 6.45) is 0. The van der Waals surface area contributed by atoms with Gasteiger partial charge in [0.15, 0.2) is 0 Å². The number of benzene rings is 1. The predicted molar refractivity (Wildman–Crippen MR) is 78.4 cm³/mol. The van der Waals surface area contributed by atoms with Crippen LogP contribution in [0.2, 0.25) is 5.02 Å². The second-order valence-electron chi connectivity index (χ2n) is 4.70. The molecule has 1 aromatic heterocycles. The van der Waals surface area contributed by atoms with Crippen LogP contribution in [0.15, 0.2) is 33.6 Å². The molecular weight excluding hydrogens is 298 g/mol. The molecule has 0 saturated carbocycles. The van der Waals surface area contributed by atoms with Crippen molar-refractivity contribution in [3.05, 3.63) is 51.9 Å². The summed E-state index contributed by atoms with van der Waals surface area (Å²) in [5, 5.41) is 0.220. The molecule has 0 unspecified atom stereocenters. The third-order valence-corrected chi connectivity index (χ3v) is 4.86. The van der Waals surface area contributed by atoms with E-state index in [1.807, 2.05) is 19.9 Å². The number of furan rings is 1.